The second-order valence-electron chi connectivity index (χ2n) is 5.93. The Labute approximate surface area is 144 Å². The van der Waals surface area contributed by atoms with Gasteiger partial charge in [0.15, 0.2) is 0 Å². The highest BCUT2D eigenvalue weighted by Gasteiger charge is 2.28. The largest absolute Gasteiger partial charge is 0.307 e. The van der Waals surface area contributed by atoms with E-state index in [0.717, 1.165) is 45.4 Å². The smallest absolute Gasteiger partial charge is 0.270 e. The third kappa shape index (κ3) is 2.51. The van der Waals surface area contributed by atoms with Crippen LogP contribution in [-0.4, -0.2) is 22.4 Å². The molecule has 0 unspecified atom stereocenters. The molecule has 0 saturated carbocycles. The van der Waals surface area contributed by atoms with Crippen LogP contribution in [0.15, 0.2) is 42.7 Å². The Bertz CT molecular complexity index is 918. The van der Waals surface area contributed by atoms with Crippen LogP contribution in [0.1, 0.15) is 25.9 Å². The molecule has 4 nitrogen and oxygen atoms in total. The standard InChI is InChI=1S/C19H17N3OS/c1-12-18(24-13(2)21-12)19(23)22-10-7-16-11-15(3-4-17(16)22)14-5-8-20-9-6-14/h3-6,8-9,11H,7,10H2,1-2H3. The van der Waals surface area contributed by atoms with Crippen molar-refractivity contribution in [3.63, 3.8) is 0 Å². The lowest BCUT2D eigenvalue weighted by Crippen LogP contribution is -2.28. The summed E-state index contributed by atoms with van der Waals surface area (Å²) in [5, 5.41) is 0.934. The normalized spacial score (nSPS) is 13.2. The van der Waals surface area contributed by atoms with Crippen molar-refractivity contribution in [1.82, 2.24) is 9.97 Å². The Balaban J connectivity index is 1.68. The van der Waals surface area contributed by atoms with Gasteiger partial charge in [-0.25, -0.2) is 4.98 Å². The Kier molecular flexibility index (Phi) is 3.65. The van der Waals surface area contributed by atoms with E-state index in [0.29, 0.717) is 0 Å². The van der Waals surface area contributed by atoms with Crippen LogP contribution >= 0.6 is 11.3 Å². The Hall–Kier alpha value is -2.53. The summed E-state index contributed by atoms with van der Waals surface area (Å²) in [5.74, 6) is 0.0634. The lowest BCUT2D eigenvalue weighted by atomic mass is 10.0. The maximum Gasteiger partial charge on any atom is 0.270 e. The van der Waals surface area contributed by atoms with Crippen LogP contribution in [0.2, 0.25) is 0 Å². The summed E-state index contributed by atoms with van der Waals surface area (Å²) in [4.78, 5) is 24.0. The Morgan fingerprint density at radius 1 is 1.12 bits per heavy atom. The molecule has 0 saturated heterocycles. The zero-order chi connectivity index (χ0) is 16.7. The van der Waals surface area contributed by atoms with E-state index in [-0.39, 0.29) is 5.91 Å². The lowest BCUT2D eigenvalue weighted by molar-refractivity contribution is 0.0992. The first-order chi connectivity index (χ1) is 11.6. The van der Waals surface area contributed by atoms with Gasteiger partial charge in [0.1, 0.15) is 4.88 Å². The van der Waals surface area contributed by atoms with Gasteiger partial charge in [0, 0.05) is 24.6 Å². The molecule has 4 rings (SSSR count). The molecule has 2 aromatic heterocycles. The maximum atomic E-state index is 12.9. The fourth-order valence-electron chi connectivity index (χ4n) is 3.19. The van der Waals surface area contributed by atoms with Crippen molar-refractivity contribution in [2.24, 2.45) is 0 Å². The zero-order valence-electron chi connectivity index (χ0n) is 13.6. The predicted octanol–water partition coefficient (Wildman–Crippen LogP) is 4.02. The molecule has 0 aliphatic carbocycles. The predicted molar refractivity (Wildman–Crippen MR) is 96.6 cm³/mol. The van der Waals surface area contributed by atoms with Gasteiger partial charge in [-0.3, -0.25) is 9.78 Å². The van der Waals surface area contributed by atoms with Crippen molar-refractivity contribution in [2.75, 3.05) is 11.4 Å². The van der Waals surface area contributed by atoms with E-state index in [1.165, 1.54) is 16.9 Å². The number of amides is 1. The van der Waals surface area contributed by atoms with Crippen LogP contribution in [0.3, 0.4) is 0 Å². The third-order valence-electron chi connectivity index (χ3n) is 4.33. The summed E-state index contributed by atoms with van der Waals surface area (Å²) in [6, 6.07) is 10.3. The van der Waals surface area contributed by atoms with Crippen LogP contribution in [-0.2, 0) is 6.42 Å². The van der Waals surface area contributed by atoms with Gasteiger partial charge in [0.05, 0.1) is 10.7 Å². The number of aryl methyl sites for hydroxylation is 2. The highest BCUT2D eigenvalue weighted by molar-refractivity contribution is 7.13. The van der Waals surface area contributed by atoms with Gasteiger partial charge in [0.25, 0.3) is 5.91 Å². The van der Waals surface area contributed by atoms with Crippen molar-refractivity contribution in [3.8, 4) is 11.1 Å². The average Bonchev–Trinajstić information content (AvgIpc) is 3.17. The lowest BCUT2D eigenvalue weighted by Gasteiger charge is -2.17. The number of nitrogens with zero attached hydrogens (tertiary/aromatic N) is 3. The monoisotopic (exact) mass is 335 g/mol. The molecule has 0 atom stereocenters. The SMILES string of the molecule is Cc1nc(C)c(C(=O)N2CCc3cc(-c4ccncc4)ccc32)s1. The number of carbonyl (C=O) groups is 1. The second-order valence-corrected chi connectivity index (χ2v) is 7.14. The highest BCUT2D eigenvalue weighted by Crippen LogP contribution is 2.34. The molecular formula is C19H17N3OS. The molecule has 0 N–H and O–H groups in total. The minimum atomic E-state index is 0.0634. The molecular weight excluding hydrogens is 318 g/mol. The molecule has 0 spiro atoms. The molecule has 0 radical (unpaired) electrons. The number of pyridine rings is 1. The first-order valence-corrected chi connectivity index (χ1v) is 8.74. The van der Waals surface area contributed by atoms with E-state index < -0.39 is 0 Å². The van der Waals surface area contributed by atoms with Crippen molar-refractivity contribution in [3.05, 3.63) is 63.9 Å². The Morgan fingerprint density at radius 3 is 2.62 bits per heavy atom. The molecule has 120 valence electrons. The molecule has 1 aliphatic rings. The van der Waals surface area contributed by atoms with Gasteiger partial charge in [-0.05, 0) is 61.2 Å². The number of benzene rings is 1. The minimum absolute atomic E-state index is 0.0634. The summed E-state index contributed by atoms with van der Waals surface area (Å²) in [6.07, 6.45) is 4.48. The van der Waals surface area contributed by atoms with E-state index in [9.17, 15) is 4.79 Å². The number of hydrogen-bond acceptors (Lipinski definition) is 4. The van der Waals surface area contributed by atoms with Gasteiger partial charge < -0.3 is 4.90 Å². The molecule has 24 heavy (non-hydrogen) atoms. The highest BCUT2D eigenvalue weighted by atomic mass is 32.1. The third-order valence-corrected chi connectivity index (χ3v) is 5.39. The second kappa shape index (κ2) is 5.83. The van der Waals surface area contributed by atoms with Gasteiger partial charge in [-0.2, -0.15) is 0 Å². The molecule has 1 amide bonds. The van der Waals surface area contributed by atoms with Crippen molar-refractivity contribution in [2.45, 2.75) is 20.3 Å². The van der Waals surface area contributed by atoms with Crippen molar-refractivity contribution in [1.29, 1.82) is 0 Å². The molecule has 5 heteroatoms. The molecule has 3 heterocycles. The summed E-state index contributed by atoms with van der Waals surface area (Å²) in [7, 11) is 0. The van der Waals surface area contributed by atoms with Crippen molar-refractivity contribution < 1.29 is 4.79 Å². The number of anilines is 1. The molecule has 0 bridgehead atoms. The van der Waals surface area contributed by atoms with Gasteiger partial charge in [-0.15, -0.1) is 11.3 Å². The van der Waals surface area contributed by atoms with E-state index in [1.807, 2.05) is 30.9 Å². The summed E-state index contributed by atoms with van der Waals surface area (Å²) >= 11 is 1.47. The van der Waals surface area contributed by atoms with E-state index in [1.54, 1.807) is 12.4 Å². The summed E-state index contributed by atoms with van der Waals surface area (Å²) in [5.41, 5.74) is 5.37. The van der Waals surface area contributed by atoms with Crippen molar-refractivity contribution >= 4 is 22.9 Å². The number of rotatable bonds is 2. The zero-order valence-corrected chi connectivity index (χ0v) is 14.4. The first-order valence-electron chi connectivity index (χ1n) is 7.93. The van der Waals surface area contributed by atoms with E-state index in [2.05, 4.69) is 28.2 Å². The van der Waals surface area contributed by atoms with Crippen LogP contribution in [0.4, 0.5) is 5.69 Å². The number of aromatic nitrogens is 2. The van der Waals surface area contributed by atoms with Gasteiger partial charge in [-0.1, -0.05) is 6.07 Å². The average molecular weight is 335 g/mol. The van der Waals surface area contributed by atoms with Crippen LogP contribution in [0.25, 0.3) is 11.1 Å². The van der Waals surface area contributed by atoms with Crippen LogP contribution < -0.4 is 4.90 Å². The molecule has 0 fully saturated rings. The number of fused-ring (bicyclic) bond motifs is 1. The quantitative estimate of drug-likeness (QED) is 0.710. The van der Waals surface area contributed by atoms with Crippen LogP contribution in [0.5, 0.6) is 0 Å². The first kappa shape index (κ1) is 15.0. The number of hydrogen-bond donors (Lipinski definition) is 0. The molecule has 1 aromatic carbocycles. The molecule has 3 aromatic rings. The Morgan fingerprint density at radius 2 is 1.92 bits per heavy atom. The summed E-state index contributed by atoms with van der Waals surface area (Å²) < 4.78 is 0. The van der Waals surface area contributed by atoms with E-state index in [4.69, 9.17) is 0 Å². The van der Waals surface area contributed by atoms with Gasteiger partial charge in [0.2, 0.25) is 0 Å². The maximum absolute atomic E-state index is 12.9. The fraction of sp³-hybridized carbons (Fsp3) is 0.211. The van der Waals surface area contributed by atoms with Crippen LogP contribution in [0, 0.1) is 13.8 Å². The topological polar surface area (TPSA) is 46.1 Å². The summed E-state index contributed by atoms with van der Waals surface area (Å²) in [6.45, 7) is 4.57. The minimum Gasteiger partial charge on any atom is -0.307 e. The van der Waals surface area contributed by atoms with Gasteiger partial charge >= 0.3 is 0 Å². The number of thiazole rings is 1. The fourth-order valence-corrected chi connectivity index (χ4v) is 4.06. The number of carbonyl (C=O) groups excluding carboxylic acids is 1. The van der Waals surface area contributed by atoms with E-state index >= 15 is 0 Å². The molecule has 1 aliphatic heterocycles.